The van der Waals surface area contributed by atoms with Gasteiger partial charge in [-0.05, 0) is 32.0 Å². The lowest BCUT2D eigenvalue weighted by Gasteiger charge is -2.31. The van der Waals surface area contributed by atoms with Crippen molar-refractivity contribution < 1.29 is 0 Å². The van der Waals surface area contributed by atoms with Gasteiger partial charge in [-0.1, -0.05) is 12.1 Å². The summed E-state index contributed by atoms with van der Waals surface area (Å²) < 4.78 is 0. The Morgan fingerprint density at radius 2 is 2.16 bits per heavy atom. The lowest BCUT2D eigenvalue weighted by molar-refractivity contribution is 0.552. The Bertz CT molecular complexity index is 512. The molecule has 1 aromatic carbocycles. The van der Waals surface area contributed by atoms with Crippen molar-refractivity contribution in [3.05, 3.63) is 29.8 Å². The van der Waals surface area contributed by atoms with Gasteiger partial charge in [-0.2, -0.15) is 10.5 Å². The predicted octanol–water partition coefficient (Wildman–Crippen LogP) is 2.03. The Morgan fingerprint density at radius 1 is 1.37 bits per heavy atom. The molecule has 0 bridgehead atoms. The summed E-state index contributed by atoms with van der Waals surface area (Å²) in [5, 5.41) is 21.5. The first-order valence-corrected chi connectivity index (χ1v) is 6.62. The molecule has 0 saturated carbocycles. The molecule has 98 valence electrons. The Balaban J connectivity index is 2.29. The SMILES string of the molecule is CC1CCNC(CC#N)CN1c1ccccc1C#N. The number of hydrogen-bond donors (Lipinski definition) is 1. The second-order valence-corrected chi connectivity index (χ2v) is 4.93. The van der Waals surface area contributed by atoms with Gasteiger partial charge in [0.2, 0.25) is 0 Å². The molecule has 1 aromatic rings. The summed E-state index contributed by atoms with van der Waals surface area (Å²) in [6.45, 7) is 3.86. The minimum Gasteiger partial charge on any atom is -0.366 e. The van der Waals surface area contributed by atoms with E-state index < -0.39 is 0 Å². The smallest absolute Gasteiger partial charge is 0.101 e. The van der Waals surface area contributed by atoms with Gasteiger partial charge >= 0.3 is 0 Å². The van der Waals surface area contributed by atoms with E-state index in [9.17, 15) is 5.26 Å². The molecule has 0 aliphatic carbocycles. The van der Waals surface area contributed by atoms with Crippen LogP contribution in [0.5, 0.6) is 0 Å². The first kappa shape index (κ1) is 13.4. The van der Waals surface area contributed by atoms with E-state index in [0.717, 1.165) is 25.2 Å². The fourth-order valence-electron chi connectivity index (χ4n) is 2.54. The van der Waals surface area contributed by atoms with Crippen molar-refractivity contribution in [2.24, 2.45) is 0 Å². The van der Waals surface area contributed by atoms with E-state index in [4.69, 9.17) is 5.26 Å². The van der Waals surface area contributed by atoms with Crippen LogP contribution < -0.4 is 10.2 Å². The third kappa shape index (κ3) is 3.05. The van der Waals surface area contributed by atoms with Crippen LogP contribution in [0.15, 0.2) is 24.3 Å². The van der Waals surface area contributed by atoms with Crippen molar-refractivity contribution >= 4 is 5.69 Å². The second kappa shape index (κ2) is 6.22. The third-order valence-electron chi connectivity index (χ3n) is 3.62. The number of benzene rings is 1. The molecule has 0 aromatic heterocycles. The van der Waals surface area contributed by atoms with Gasteiger partial charge in [-0.3, -0.25) is 0 Å². The van der Waals surface area contributed by atoms with Crippen LogP contribution in [-0.4, -0.2) is 25.2 Å². The maximum absolute atomic E-state index is 9.23. The Labute approximate surface area is 114 Å². The minimum atomic E-state index is 0.168. The highest BCUT2D eigenvalue weighted by Crippen LogP contribution is 2.24. The molecule has 1 heterocycles. The highest BCUT2D eigenvalue weighted by Gasteiger charge is 2.24. The molecule has 1 saturated heterocycles. The molecular formula is C15H18N4. The van der Waals surface area contributed by atoms with Crippen LogP contribution >= 0.6 is 0 Å². The first-order valence-electron chi connectivity index (χ1n) is 6.62. The number of nitrogens with zero attached hydrogens (tertiary/aromatic N) is 3. The summed E-state index contributed by atoms with van der Waals surface area (Å²) in [5.74, 6) is 0. The minimum absolute atomic E-state index is 0.168. The maximum atomic E-state index is 9.23. The quantitative estimate of drug-likeness (QED) is 0.877. The predicted molar refractivity (Wildman–Crippen MR) is 74.6 cm³/mol. The zero-order chi connectivity index (χ0) is 13.7. The summed E-state index contributed by atoms with van der Waals surface area (Å²) in [6.07, 6.45) is 1.51. The number of nitriles is 2. The van der Waals surface area contributed by atoms with Gasteiger partial charge in [0.1, 0.15) is 6.07 Å². The number of para-hydroxylation sites is 1. The van der Waals surface area contributed by atoms with E-state index >= 15 is 0 Å². The summed E-state index contributed by atoms with van der Waals surface area (Å²) >= 11 is 0. The van der Waals surface area contributed by atoms with Crippen molar-refractivity contribution in [1.29, 1.82) is 10.5 Å². The van der Waals surface area contributed by atoms with Gasteiger partial charge in [0.05, 0.1) is 23.7 Å². The number of nitrogens with one attached hydrogen (secondary N) is 1. The van der Waals surface area contributed by atoms with E-state index in [1.54, 1.807) is 0 Å². The zero-order valence-corrected chi connectivity index (χ0v) is 11.1. The lowest BCUT2D eigenvalue weighted by Crippen LogP contribution is -2.40. The fraction of sp³-hybridized carbons (Fsp3) is 0.467. The normalized spacial score (nSPS) is 23.2. The van der Waals surface area contributed by atoms with E-state index in [-0.39, 0.29) is 6.04 Å². The summed E-state index contributed by atoms with van der Waals surface area (Å²) in [6, 6.07) is 12.7. The van der Waals surface area contributed by atoms with Crippen molar-refractivity contribution in [2.75, 3.05) is 18.0 Å². The van der Waals surface area contributed by atoms with Crippen LogP contribution in [-0.2, 0) is 0 Å². The third-order valence-corrected chi connectivity index (χ3v) is 3.62. The highest BCUT2D eigenvalue weighted by molar-refractivity contribution is 5.60. The average molecular weight is 254 g/mol. The van der Waals surface area contributed by atoms with Crippen LogP contribution in [0.25, 0.3) is 0 Å². The largest absolute Gasteiger partial charge is 0.366 e. The molecular weight excluding hydrogens is 236 g/mol. The van der Waals surface area contributed by atoms with Crippen LogP contribution in [0.3, 0.4) is 0 Å². The molecule has 2 atom stereocenters. The van der Waals surface area contributed by atoms with Crippen molar-refractivity contribution in [2.45, 2.75) is 31.8 Å². The Hall–Kier alpha value is -2.04. The monoisotopic (exact) mass is 254 g/mol. The standard InChI is InChI=1S/C15H18N4/c1-12-7-9-18-14(6-8-16)11-19(12)15-5-3-2-4-13(15)10-17/h2-5,12,14,18H,6-7,9,11H2,1H3. The van der Waals surface area contributed by atoms with Crippen molar-refractivity contribution in [3.8, 4) is 12.1 Å². The van der Waals surface area contributed by atoms with Gasteiger partial charge in [0.25, 0.3) is 0 Å². The molecule has 0 radical (unpaired) electrons. The molecule has 4 nitrogen and oxygen atoms in total. The van der Waals surface area contributed by atoms with Crippen LogP contribution in [0.1, 0.15) is 25.3 Å². The molecule has 1 N–H and O–H groups in total. The Morgan fingerprint density at radius 3 is 2.89 bits per heavy atom. The second-order valence-electron chi connectivity index (χ2n) is 4.93. The van der Waals surface area contributed by atoms with Gasteiger partial charge in [-0.25, -0.2) is 0 Å². The molecule has 0 spiro atoms. The maximum Gasteiger partial charge on any atom is 0.101 e. The van der Waals surface area contributed by atoms with E-state index in [1.807, 2.05) is 24.3 Å². The van der Waals surface area contributed by atoms with Crippen molar-refractivity contribution in [1.82, 2.24) is 5.32 Å². The lowest BCUT2D eigenvalue weighted by atomic mass is 10.1. The molecule has 2 unspecified atom stereocenters. The van der Waals surface area contributed by atoms with Gasteiger partial charge in [0, 0.05) is 18.6 Å². The zero-order valence-electron chi connectivity index (χ0n) is 11.1. The molecule has 4 heteroatoms. The van der Waals surface area contributed by atoms with E-state index in [2.05, 4.69) is 29.3 Å². The van der Waals surface area contributed by atoms with Gasteiger partial charge in [0.15, 0.2) is 0 Å². The number of hydrogen-bond acceptors (Lipinski definition) is 4. The number of rotatable bonds is 2. The molecule has 0 amide bonds. The summed E-state index contributed by atoms with van der Waals surface area (Å²) in [5.41, 5.74) is 1.68. The van der Waals surface area contributed by atoms with Gasteiger partial charge < -0.3 is 10.2 Å². The molecule has 1 fully saturated rings. The molecule has 2 rings (SSSR count). The Kier molecular flexibility index (Phi) is 4.39. The summed E-state index contributed by atoms with van der Waals surface area (Å²) in [4.78, 5) is 2.25. The average Bonchev–Trinajstić information content (AvgIpc) is 2.61. The van der Waals surface area contributed by atoms with Crippen LogP contribution in [0, 0.1) is 22.7 Å². The number of anilines is 1. The molecule has 1 aliphatic rings. The van der Waals surface area contributed by atoms with E-state index in [0.29, 0.717) is 18.0 Å². The van der Waals surface area contributed by atoms with Crippen LogP contribution in [0.4, 0.5) is 5.69 Å². The molecule has 1 aliphatic heterocycles. The summed E-state index contributed by atoms with van der Waals surface area (Å²) in [7, 11) is 0. The topological polar surface area (TPSA) is 62.9 Å². The van der Waals surface area contributed by atoms with Crippen LogP contribution in [0.2, 0.25) is 0 Å². The molecule has 19 heavy (non-hydrogen) atoms. The van der Waals surface area contributed by atoms with Gasteiger partial charge in [-0.15, -0.1) is 0 Å². The van der Waals surface area contributed by atoms with Crippen molar-refractivity contribution in [3.63, 3.8) is 0 Å². The highest BCUT2D eigenvalue weighted by atomic mass is 15.2. The van der Waals surface area contributed by atoms with E-state index in [1.165, 1.54) is 0 Å². The fourth-order valence-corrected chi connectivity index (χ4v) is 2.54. The first-order chi connectivity index (χ1) is 9.26.